The van der Waals surface area contributed by atoms with Gasteiger partial charge in [-0.2, -0.15) is 0 Å². The van der Waals surface area contributed by atoms with Crippen LogP contribution in [-0.2, 0) is 9.59 Å². The van der Waals surface area contributed by atoms with E-state index in [2.05, 4.69) is 10.3 Å². The zero-order valence-corrected chi connectivity index (χ0v) is 15.7. The number of fused-ring (bicyclic) bond motifs is 2. The van der Waals surface area contributed by atoms with E-state index in [1.54, 1.807) is 19.0 Å². The third kappa shape index (κ3) is 4.07. The molecule has 1 N–H and O–H groups in total. The van der Waals surface area contributed by atoms with Gasteiger partial charge in [-0.3, -0.25) is 9.59 Å². The summed E-state index contributed by atoms with van der Waals surface area (Å²) >= 11 is 0. The molecule has 3 fully saturated rings. The van der Waals surface area contributed by atoms with E-state index in [0.29, 0.717) is 25.0 Å². The quantitative estimate of drug-likeness (QED) is 0.588. The Morgan fingerprint density at radius 3 is 2.64 bits per heavy atom. The summed E-state index contributed by atoms with van der Waals surface area (Å²) in [4.78, 5) is 34.2. The van der Waals surface area contributed by atoms with Crippen LogP contribution >= 0.6 is 0 Å². The van der Waals surface area contributed by atoms with Crippen molar-refractivity contribution in [1.29, 1.82) is 0 Å². The Hall–Kier alpha value is -1.79. The van der Waals surface area contributed by atoms with Gasteiger partial charge in [-0.05, 0) is 38.0 Å². The Bertz CT molecular complexity index is 548. The number of nitrogens with zero attached hydrogens (tertiary/aromatic N) is 4. The maximum Gasteiger partial charge on any atom is 0.243 e. The smallest absolute Gasteiger partial charge is 0.243 e. The SMILES string of the molecule is CCN1CCN(C(=NCC(=O)N(C)C)NC2CC3CCC2C3)CC1=O. The number of hydrogen-bond donors (Lipinski definition) is 1. The van der Waals surface area contributed by atoms with Crippen molar-refractivity contribution in [3.63, 3.8) is 0 Å². The second-order valence-electron chi connectivity index (χ2n) is 7.75. The minimum absolute atomic E-state index is 0.0224. The van der Waals surface area contributed by atoms with Crippen molar-refractivity contribution in [2.45, 2.75) is 38.6 Å². The van der Waals surface area contributed by atoms with Crippen molar-refractivity contribution in [1.82, 2.24) is 20.0 Å². The summed E-state index contributed by atoms with van der Waals surface area (Å²) in [5.41, 5.74) is 0. The van der Waals surface area contributed by atoms with Crippen LogP contribution in [-0.4, -0.2) is 85.3 Å². The van der Waals surface area contributed by atoms with E-state index < -0.39 is 0 Å². The van der Waals surface area contributed by atoms with Gasteiger partial charge in [0.05, 0.1) is 6.54 Å². The van der Waals surface area contributed by atoms with Gasteiger partial charge in [0.15, 0.2) is 5.96 Å². The Labute approximate surface area is 150 Å². The van der Waals surface area contributed by atoms with Gasteiger partial charge < -0.3 is 20.0 Å². The average Bonchev–Trinajstić information content (AvgIpc) is 3.21. The summed E-state index contributed by atoms with van der Waals surface area (Å²) in [5, 5.41) is 3.60. The Kier molecular flexibility index (Phi) is 5.49. The van der Waals surface area contributed by atoms with Gasteiger partial charge in [0.2, 0.25) is 11.8 Å². The average molecular weight is 349 g/mol. The monoisotopic (exact) mass is 349 g/mol. The summed E-state index contributed by atoms with van der Waals surface area (Å²) in [6.45, 7) is 4.70. The number of guanidine groups is 1. The van der Waals surface area contributed by atoms with Crippen molar-refractivity contribution in [2.75, 3.05) is 46.8 Å². The lowest BCUT2D eigenvalue weighted by Gasteiger charge is -2.37. The number of carbonyl (C=O) groups excluding carboxylic acids is 2. The van der Waals surface area contributed by atoms with Crippen LogP contribution < -0.4 is 5.32 Å². The van der Waals surface area contributed by atoms with Crippen molar-refractivity contribution in [2.24, 2.45) is 16.8 Å². The molecule has 1 saturated heterocycles. The number of hydrogen-bond acceptors (Lipinski definition) is 3. The second kappa shape index (κ2) is 7.62. The molecule has 0 aromatic rings. The van der Waals surface area contributed by atoms with Crippen LogP contribution in [0.3, 0.4) is 0 Å². The third-order valence-corrected chi connectivity index (χ3v) is 5.92. The lowest BCUT2D eigenvalue weighted by molar-refractivity contribution is -0.134. The molecule has 3 atom stereocenters. The number of amides is 2. The van der Waals surface area contributed by atoms with Crippen LogP contribution in [0, 0.1) is 11.8 Å². The van der Waals surface area contributed by atoms with Crippen molar-refractivity contribution in [3.8, 4) is 0 Å². The topological polar surface area (TPSA) is 68.2 Å². The maximum absolute atomic E-state index is 12.3. The van der Waals surface area contributed by atoms with E-state index in [1.165, 1.54) is 25.7 Å². The van der Waals surface area contributed by atoms with Crippen LogP contribution in [0.5, 0.6) is 0 Å². The van der Waals surface area contributed by atoms with Gasteiger partial charge in [0.1, 0.15) is 6.54 Å². The maximum atomic E-state index is 12.3. The number of aliphatic imine (C=N–C) groups is 1. The molecular weight excluding hydrogens is 318 g/mol. The summed E-state index contributed by atoms with van der Waals surface area (Å²) in [5.74, 6) is 2.40. The highest BCUT2D eigenvalue weighted by atomic mass is 16.2. The van der Waals surface area contributed by atoms with E-state index >= 15 is 0 Å². The van der Waals surface area contributed by atoms with Crippen molar-refractivity contribution in [3.05, 3.63) is 0 Å². The Morgan fingerprint density at radius 1 is 1.28 bits per heavy atom. The number of carbonyl (C=O) groups is 2. The predicted molar refractivity (Wildman–Crippen MR) is 97.2 cm³/mol. The predicted octanol–water partition coefficient (Wildman–Crippen LogP) is 0.373. The standard InChI is InChI=1S/C18H31N5O2/c1-4-22-7-8-23(12-17(22)25)18(19-11-16(24)21(2)3)20-15-10-13-5-6-14(15)9-13/h13-15H,4-12H2,1-3H3,(H,19,20). The molecule has 140 valence electrons. The van der Waals surface area contributed by atoms with Gasteiger partial charge in [0.25, 0.3) is 0 Å². The highest BCUT2D eigenvalue weighted by Gasteiger charge is 2.40. The van der Waals surface area contributed by atoms with Crippen LogP contribution in [0.4, 0.5) is 0 Å². The first kappa shape index (κ1) is 18.0. The molecule has 25 heavy (non-hydrogen) atoms. The molecule has 3 aliphatic rings. The number of nitrogens with one attached hydrogen (secondary N) is 1. The normalized spacial score (nSPS) is 29.3. The molecule has 0 aromatic heterocycles. The summed E-state index contributed by atoms with van der Waals surface area (Å²) in [7, 11) is 3.48. The molecule has 0 aromatic carbocycles. The highest BCUT2D eigenvalue weighted by Crippen LogP contribution is 2.44. The van der Waals surface area contributed by atoms with Crippen molar-refractivity contribution >= 4 is 17.8 Å². The van der Waals surface area contributed by atoms with Gasteiger partial charge >= 0.3 is 0 Å². The number of piperazine rings is 1. The molecule has 2 saturated carbocycles. The lowest BCUT2D eigenvalue weighted by Crippen LogP contribution is -2.57. The van der Waals surface area contributed by atoms with E-state index in [1.807, 2.05) is 16.7 Å². The van der Waals surface area contributed by atoms with Crippen LogP contribution in [0.2, 0.25) is 0 Å². The molecule has 3 unspecified atom stereocenters. The van der Waals surface area contributed by atoms with E-state index in [4.69, 9.17) is 0 Å². The van der Waals surface area contributed by atoms with Crippen LogP contribution in [0.1, 0.15) is 32.6 Å². The van der Waals surface area contributed by atoms with Crippen LogP contribution in [0.15, 0.2) is 4.99 Å². The molecule has 7 nitrogen and oxygen atoms in total. The Balaban J connectivity index is 1.69. The van der Waals surface area contributed by atoms with E-state index in [9.17, 15) is 9.59 Å². The number of rotatable bonds is 4. The molecule has 0 spiro atoms. The molecular formula is C18H31N5O2. The molecule has 2 bridgehead atoms. The first-order chi connectivity index (χ1) is 12.0. The summed E-state index contributed by atoms with van der Waals surface area (Å²) in [6.07, 6.45) is 5.13. The first-order valence-corrected chi connectivity index (χ1v) is 9.51. The Morgan fingerprint density at radius 2 is 2.08 bits per heavy atom. The van der Waals surface area contributed by atoms with E-state index in [0.717, 1.165) is 25.0 Å². The van der Waals surface area contributed by atoms with Gasteiger partial charge in [-0.15, -0.1) is 0 Å². The van der Waals surface area contributed by atoms with E-state index in [-0.39, 0.29) is 18.4 Å². The molecule has 7 heteroatoms. The van der Waals surface area contributed by atoms with Gasteiger partial charge in [-0.25, -0.2) is 4.99 Å². The minimum atomic E-state index is -0.0224. The highest BCUT2D eigenvalue weighted by molar-refractivity contribution is 5.89. The molecule has 3 rings (SSSR count). The fourth-order valence-corrected chi connectivity index (χ4v) is 4.33. The first-order valence-electron chi connectivity index (χ1n) is 9.51. The molecule has 2 aliphatic carbocycles. The van der Waals surface area contributed by atoms with Gasteiger partial charge in [0, 0.05) is 39.8 Å². The zero-order valence-electron chi connectivity index (χ0n) is 15.7. The lowest BCUT2D eigenvalue weighted by atomic mass is 9.95. The zero-order chi connectivity index (χ0) is 18.0. The molecule has 1 aliphatic heterocycles. The second-order valence-corrected chi connectivity index (χ2v) is 7.75. The largest absolute Gasteiger partial charge is 0.353 e. The minimum Gasteiger partial charge on any atom is -0.353 e. The third-order valence-electron chi connectivity index (χ3n) is 5.92. The fraction of sp³-hybridized carbons (Fsp3) is 0.833. The fourth-order valence-electron chi connectivity index (χ4n) is 4.33. The van der Waals surface area contributed by atoms with Crippen LogP contribution in [0.25, 0.3) is 0 Å². The summed E-state index contributed by atoms with van der Waals surface area (Å²) in [6, 6.07) is 0.436. The molecule has 0 radical (unpaired) electrons. The summed E-state index contributed by atoms with van der Waals surface area (Å²) < 4.78 is 0. The van der Waals surface area contributed by atoms with Crippen molar-refractivity contribution < 1.29 is 9.59 Å². The number of likely N-dealkylation sites (N-methyl/N-ethyl adjacent to an activating group) is 2. The molecule has 2 amide bonds. The van der Waals surface area contributed by atoms with Gasteiger partial charge in [-0.1, -0.05) is 6.42 Å². The molecule has 1 heterocycles.